The number of benzene rings is 1. The summed E-state index contributed by atoms with van der Waals surface area (Å²) in [5, 5.41) is 0.630. The van der Waals surface area contributed by atoms with Gasteiger partial charge in [0, 0.05) is 6.04 Å². The number of para-hydroxylation sites is 1. The van der Waals surface area contributed by atoms with Crippen molar-refractivity contribution in [3.63, 3.8) is 0 Å². The van der Waals surface area contributed by atoms with Crippen LogP contribution in [0.1, 0.15) is 13.3 Å². The van der Waals surface area contributed by atoms with Gasteiger partial charge >= 0.3 is 0 Å². The van der Waals surface area contributed by atoms with Crippen molar-refractivity contribution in [2.75, 3.05) is 6.61 Å². The van der Waals surface area contributed by atoms with Crippen molar-refractivity contribution in [3.8, 4) is 5.75 Å². The highest BCUT2D eigenvalue weighted by molar-refractivity contribution is 6.32. The van der Waals surface area contributed by atoms with Crippen LogP contribution in [0.25, 0.3) is 0 Å². The molecule has 0 saturated heterocycles. The lowest BCUT2D eigenvalue weighted by atomic mass is 10.2. The first-order valence-electron chi connectivity index (χ1n) is 4.37. The zero-order chi connectivity index (χ0) is 9.68. The van der Waals surface area contributed by atoms with E-state index in [0.717, 1.165) is 6.42 Å². The van der Waals surface area contributed by atoms with Gasteiger partial charge in [-0.25, -0.2) is 0 Å². The van der Waals surface area contributed by atoms with Gasteiger partial charge in [0.25, 0.3) is 0 Å². The molecule has 0 fully saturated rings. The number of halogens is 2. The second kappa shape index (κ2) is 6.93. The SMILES string of the molecule is CCC(N)COc1ccccc1Cl.Cl. The van der Waals surface area contributed by atoms with Gasteiger partial charge in [-0.3, -0.25) is 0 Å². The summed E-state index contributed by atoms with van der Waals surface area (Å²) in [6, 6.07) is 7.48. The van der Waals surface area contributed by atoms with Gasteiger partial charge in [0.2, 0.25) is 0 Å². The second-order valence-electron chi connectivity index (χ2n) is 2.91. The molecular weight excluding hydrogens is 221 g/mol. The lowest BCUT2D eigenvalue weighted by molar-refractivity contribution is 0.285. The quantitative estimate of drug-likeness (QED) is 0.872. The van der Waals surface area contributed by atoms with Crippen molar-refractivity contribution in [1.82, 2.24) is 0 Å². The van der Waals surface area contributed by atoms with Crippen LogP contribution in [-0.2, 0) is 0 Å². The van der Waals surface area contributed by atoms with E-state index in [0.29, 0.717) is 17.4 Å². The fourth-order valence-electron chi connectivity index (χ4n) is 0.876. The molecule has 0 spiro atoms. The Kier molecular flexibility index (Phi) is 6.71. The summed E-state index contributed by atoms with van der Waals surface area (Å²) in [7, 11) is 0. The van der Waals surface area contributed by atoms with E-state index in [4.69, 9.17) is 22.1 Å². The van der Waals surface area contributed by atoms with Crippen LogP contribution in [-0.4, -0.2) is 12.6 Å². The molecule has 0 bridgehead atoms. The molecule has 80 valence electrons. The standard InChI is InChI=1S/C10H14ClNO.ClH/c1-2-8(12)7-13-10-6-4-3-5-9(10)11;/h3-6,8H,2,7,12H2,1H3;1H. The van der Waals surface area contributed by atoms with Gasteiger partial charge in [-0.15, -0.1) is 12.4 Å². The first-order chi connectivity index (χ1) is 6.24. The third-order valence-electron chi connectivity index (χ3n) is 1.81. The van der Waals surface area contributed by atoms with Gasteiger partial charge < -0.3 is 10.5 Å². The van der Waals surface area contributed by atoms with Gasteiger partial charge in [-0.2, -0.15) is 0 Å². The molecule has 0 saturated carbocycles. The van der Waals surface area contributed by atoms with Gasteiger partial charge in [-0.05, 0) is 18.6 Å². The monoisotopic (exact) mass is 235 g/mol. The third kappa shape index (κ3) is 4.18. The van der Waals surface area contributed by atoms with E-state index >= 15 is 0 Å². The Labute approximate surface area is 95.8 Å². The minimum Gasteiger partial charge on any atom is -0.490 e. The molecule has 0 heterocycles. The Bertz CT molecular complexity index is 268. The molecule has 0 aliphatic carbocycles. The van der Waals surface area contributed by atoms with Gasteiger partial charge in [0.15, 0.2) is 0 Å². The van der Waals surface area contributed by atoms with Gasteiger partial charge in [0.1, 0.15) is 12.4 Å². The second-order valence-corrected chi connectivity index (χ2v) is 3.32. The van der Waals surface area contributed by atoms with E-state index < -0.39 is 0 Å². The maximum absolute atomic E-state index is 5.89. The minimum atomic E-state index is 0. The molecule has 1 unspecified atom stereocenters. The van der Waals surface area contributed by atoms with Crippen LogP contribution in [0, 0.1) is 0 Å². The Morgan fingerprint density at radius 2 is 2.07 bits per heavy atom. The predicted molar refractivity (Wildman–Crippen MR) is 62.5 cm³/mol. The average molecular weight is 236 g/mol. The lowest BCUT2D eigenvalue weighted by Crippen LogP contribution is -2.26. The van der Waals surface area contributed by atoms with Crippen LogP contribution in [0.2, 0.25) is 5.02 Å². The molecule has 1 rings (SSSR count). The summed E-state index contributed by atoms with van der Waals surface area (Å²) in [6.45, 7) is 2.54. The molecule has 14 heavy (non-hydrogen) atoms. The smallest absolute Gasteiger partial charge is 0.137 e. The highest BCUT2D eigenvalue weighted by Crippen LogP contribution is 2.22. The van der Waals surface area contributed by atoms with Crippen molar-refractivity contribution in [2.45, 2.75) is 19.4 Å². The van der Waals surface area contributed by atoms with Crippen LogP contribution in [0.5, 0.6) is 5.75 Å². The molecule has 0 aromatic heterocycles. The summed E-state index contributed by atoms with van der Waals surface area (Å²) >= 11 is 5.89. The van der Waals surface area contributed by atoms with Crippen molar-refractivity contribution < 1.29 is 4.74 Å². The summed E-state index contributed by atoms with van der Waals surface area (Å²) in [5.74, 6) is 0.702. The van der Waals surface area contributed by atoms with Crippen molar-refractivity contribution in [3.05, 3.63) is 29.3 Å². The first kappa shape index (κ1) is 13.6. The first-order valence-corrected chi connectivity index (χ1v) is 4.74. The molecule has 0 aliphatic heterocycles. The predicted octanol–water partition coefficient (Wildman–Crippen LogP) is 2.88. The molecule has 0 aliphatic rings. The fourth-order valence-corrected chi connectivity index (χ4v) is 1.07. The van der Waals surface area contributed by atoms with Crippen LogP contribution in [0.3, 0.4) is 0 Å². The molecule has 2 nitrogen and oxygen atoms in total. The largest absolute Gasteiger partial charge is 0.490 e. The van der Waals surface area contributed by atoms with Crippen LogP contribution >= 0.6 is 24.0 Å². The fraction of sp³-hybridized carbons (Fsp3) is 0.400. The number of hydrogen-bond acceptors (Lipinski definition) is 2. The maximum atomic E-state index is 5.89. The van der Waals surface area contributed by atoms with Crippen LogP contribution in [0.15, 0.2) is 24.3 Å². The van der Waals surface area contributed by atoms with Crippen LogP contribution in [0.4, 0.5) is 0 Å². The molecule has 2 N–H and O–H groups in total. The van der Waals surface area contributed by atoms with Crippen molar-refractivity contribution >= 4 is 24.0 Å². The molecule has 1 aromatic rings. The van der Waals surface area contributed by atoms with E-state index in [1.807, 2.05) is 25.1 Å². The molecule has 4 heteroatoms. The number of rotatable bonds is 4. The zero-order valence-electron chi connectivity index (χ0n) is 8.07. The summed E-state index contributed by atoms with van der Waals surface area (Å²) in [4.78, 5) is 0. The highest BCUT2D eigenvalue weighted by Gasteiger charge is 2.02. The zero-order valence-corrected chi connectivity index (χ0v) is 9.65. The number of hydrogen-bond donors (Lipinski definition) is 1. The van der Waals surface area contributed by atoms with E-state index in [1.54, 1.807) is 6.07 Å². The number of ether oxygens (including phenoxy) is 1. The topological polar surface area (TPSA) is 35.2 Å². The van der Waals surface area contributed by atoms with E-state index in [9.17, 15) is 0 Å². The minimum absolute atomic E-state index is 0. The number of nitrogens with two attached hydrogens (primary N) is 1. The Morgan fingerprint density at radius 3 is 2.64 bits per heavy atom. The summed E-state index contributed by atoms with van der Waals surface area (Å²) in [6.07, 6.45) is 0.907. The van der Waals surface area contributed by atoms with Crippen molar-refractivity contribution in [2.24, 2.45) is 5.73 Å². The van der Waals surface area contributed by atoms with Gasteiger partial charge in [-0.1, -0.05) is 30.7 Å². The maximum Gasteiger partial charge on any atom is 0.137 e. The Balaban J connectivity index is 0.00000169. The normalized spacial score (nSPS) is 11.6. The summed E-state index contributed by atoms with van der Waals surface area (Å²) in [5.41, 5.74) is 5.70. The molecule has 1 aromatic carbocycles. The van der Waals surface area contributed by atoms with E-state index in [-0.39, 0.29) is 18.4 Å². The average Bonchev–Trinajstić information content (AvgIpc) is 2.16. The van der Waals surface area contributed by atoms with E-state index in [1.165, 1.54) is 0 Å². The Morgan fingerprint density at radius 1 is 1.43 bits per heavy atom. The third-order valence-corrected chi connectivity index (χ3v) is 2.13. The Hall–Kier alpha value is -0.440. The molecule has 1 atom stereocenters. The molecular formula is C10H15Cl2NO. The van der Waals surface area contributed by atoms with Crippen molar-refractivity contribution in [1.29, 1.82) is 0 Å². The van der Waals surface area contributed by atoms with E-state index in [2.05, 4.69) is 0 Å². The molecule has 0 amide bonds. The summed E-state index contributed by atoms with van der Waals surface area (Å²) < 4.78 is 5.43. The van der Waals surface area contributed by atoms with Crippen LogP contribution < -0.4 is 10.5 Å². The highest BCUT2D eigenvalue weighted by atomic mass is 35.5. The lowest BCUT2D eigenvalue weighted by Gasteiger charge is -2.11. The van der Waals surface area contributed by atoms with Gasteiger partial charge in [0.05, 0.1) is 5.02 Å². The molecule has 0 radical (unpaired) electrons.